The van der Waals surface area contributed by atoms with Gasteiger partial charge in [-0.2, -0.15) is 0 Å². The zero-order valence-electron chi connectivity index (χ0n) is 18.8. The van der Waals surface area contributed by atoms with Crippen molar-refractivity contribution in [3.63, 3.8) is 0 Å². The number of esters is 2. The number of hydrogen-bond acceptors (Lipinski definition) is 6. The van der Waals surface area contributed by atoms with Crippen molar-refractivity contribution in [3.05, 3.63) is 47.5 Å². The lowest BCUT2D eigenvalue weighted by atomic mass is 9.91. The molecule has 0 spiro atoms. The first-order valence-electron chi connectivity index (χ1n) is 10.4. The number of benzene rings is 1. The van der Waals surface area contributed by atoms with Gasteiger partial charge in [0.25, 0.3) is 0 Å². The van der Waals surface area contributed by atoms with Crippen molar-refractivity contribution >= 4 is 18.2 Å². The minimum atomic E-state index is -1.04. The summed E-state index contributed by atoms with van der Waals surface area (Å²) < 4.78 is 16.5. The lowest BCUT2D eigenvalue weighted by molar-refractivity contribution is -0.160. The maximum atomic E-state index is 12.8. The predicted octanol–water partition coefficient (Wildman–Crippen LogP) is 3.85. The summed E-state index contributed by atoms with van der Waals surface area (Å²) >= 11 is 0. The molecule has 2 unspecified atom stereocenters. The van der Waals surface area contributed by atoms with Crippen molar-refractivity contribution in [2.24, 2.45) is 4.99 Å². The Morgan fingerprint density at radius 2 is 1.73 bits per heavy atom. The predicted molar refractivity (Wildman–Crippen MR) is 117 cm³/mol. The number of rotatable bonds is 9. The topological polar surface area (TPSA) is 74.2 Å². The summed E-state index contributed by atoms with van der Waals surface area (Å²) in [6.07, 6.45) is 5.27. The summed E-state index contributed by atoms with van der Waals surface area (Å²) in [5.41, 5.74) is 0.279. The quantitative estimate of drug-likeness (QED) is 0.573. The van der Waals surface area contributed by atoms with Gasteiger partial charge in [0.05, 0.1) is 12.7 Å². The van der Waals surface area contributed by atoms with E-state index in [4.69, 9.17) is 14.2 Å². The Balaban J connectivity index is 2.12. The summed E-state index contributed by atoms with van der Waals surface area (Å²) in [5, 5.41) is 0. The monoisotopic (exact) mass is 415 g/mol. The highest BCUT2D eigenvalue weighted by atomic mass is 16.6. The average Bonchev–Trinajstić information content (AvgIpc) is 3.11. The Labute approximate surface area is 179 Å². The number of carbonyl (C=O) groups is 2. The van der Waals surface area contributed by atoms with Crippen LogP contribution in [-0.2, 0) is 36.6 Å². The van der Waals surface area contributed by atoms with Crippen LogP contribution in [0.25, 0.3) is 0 Å². The maximum absolute atomic E-state index is 12.8. The highest BCUT2D eigenvalue weighted by Crippen LogP contribution is 2.27. The van der Waals surface area contributed by atoms with E-state index in [-0.39, 0.29) is 18.0 Å². The zero-order chi connectivity index (χ0) is 22.4. The van der Waals surface area contributed by atoms with Crippen LogP contribution >= 0.6 is 0 Å². The van der Waals surface area contributed by atoms with Gasteiger partial charge in [0, 0.05) is 19.1 Å². The van der Waals surface area contributed by atoms with E-state index in [0.29, 0.717) is 19.4 Å². The molecule has 0 saturated carbocycles. The molecule has 1 aliphatic heterocycles. The molecule has 2 rings (SSSR count). The molecule has 0 aromatic heterocycles. The van der Waals surface area contributed by atoms with E-state index in [1.165, 1.54) is 0 Å². The molecule has 1 aromatic carbocycles. The van der Waals surface area contributed by atoms with Crippen LogP contribution in [0.3, 0.4) is 0 Å². The molecule has 0 N–H and O–H groups in total. The van der Waals surface area contributed by atoms with Gasteiger partial charge in [-0.1, -0.05) is 24.3 Å². The standard InChI is InChI=1S/C24H33NO5/c1-7-28-21(26)20(29-17(2)3)15-18-9-11-19(12-10-18)16-24(13-8-14-25-24)22(27)30-23(4,5)6/h8-14,17,20H,7,15-16H2,1-6H3. The molecular formula is C24H33NO5. The van der Waals surface area contributed by atoms with Crippen LogP contribution in [0.2, 0.25) is 0 Å². The van der Waals surface area contributed by atoms with Crippen LogP contribution in [0.15, 0.2) is 41.4 Å². The van der Waals surface area contributed by atoms with Crippen LogP contribution in [0, 0.1) is 0 Å². The molecule has 0 amide bonds. The number of carbonyl (C=O) groups excluding carboxylic acids is 2. The van der Waals surface area contributed by atoms with Crippen molar-refractivity contribution in [1.29, 1.82) is 0 Å². The molecule has 0 radical (unpaired) electrons. The Morgan fingerprint density at radius 1 is 1.10 bits per heavy atom. The summed E-state index contributed by atoms with van der Waals surface area (Å²) in [5.74, 6) is -0.721. The number of hydrogen-bond donors (Lipinski definition) is 0. The molecule has 6 heteroatoms. The third kappa shape index (κ3) is 6.80. The van der Waals surface area contributed by atoms with E-state index in [2.05, 4.69) is 4.99 Å². The molecule has 2 atom stereocenters. The van der Waals surface area contributed by atoms with Crippen LogP contribution in [0.5, 0.6) is 0 Å². The van der Waals surface area contributed by atoms with E-state index in [0.717, 1.165) is 11.1 Å². The molecule has 1 heterocycles. The molecule has 1 aliphatic rings. The number of ether oxygens (including phenoxy) is 3. The lowest BCUT2D eigenvalue weighted by Gasteiger charge is -2.28. The minimum Gasteiger partial charge on any atom is -0.464 e. The van der Waals surface area contributed by atoms with Crippen LogP contribution in [0.4, 0.5) is 0 Å². The van der Waals surface area contributed by atoms with Gasteiger partial charge in [-0.05, 0) is 64.8 Å². The molecule has 0 aliphatic carbocycles. The molecule has 0 saturated heterocycles. The second-order valence-electron chi connectivity index (χ2n) is 8.69. The Bertz CT molecular complexity index is 775. The fourth-order valence-electron chi connectivity index (χ4n) is 3.15. The number of nitrogens with zero attached hydrogens (tertiary/aromatic N) is 1. The van der Waals surface area contributed by atoms with E-state index in [1.54, 1.807) is 25.3 Å². The zero-order valence-corrected chi connectivity index (χ0v) is 18.8. The first-order chi connectivity index (χ1) is 14.0. The summed E-state index contributed by atoms with van der Waals surface area (Å²) in [6.45, 7) is 11.4. The van der Waals surface area contributed by atoms with Gasteiger partial charge in [-0.15, -0.1) is 0 Å². The molecule has 6 nitrogen and oxygen atoms in total. The van der Waals surface area contributed by atoms with Crippen molar-refractivity contribution in [3.8, 4) is 0 Å². The second-order valence-corrected chi connectivity index (χ2v) is 8.69. The van der Waals surface area contributed by atoms with Gasteiger partial charge in [0.15, 0.2) is 11.6 Å². The average molecular weight is 416 g/mol. The van der Waals surface area contributed by atoms with Crippen molar-refractivity contribution in [2.75, 3.05) is 6.61 Å². The first-order valence-corrected chi connectivity index (χ1v) is 10.4. The van der Waals surface area contributed by atoms with Gasteiger partial charge < -0.3 is 14.2 Å². The lowest BCUT2D eigenvalue weighted by Crippen LogP contribution is -2.41. The van der Waals surface area contributed by atoms with E-state index in [9.17, 15) is 9.59 Å². The largest absolute Gasteiger partial charge is 0.464 e. The van der Waals surface area contributed by atoms with Crippen molar-refractivity contribution in [2.45, 2.75) is 77.7 Å². The first kappa shape index (κ1) is 23.8. The van der Waals surface area contributed by atoms with Gasteiger partial charge in [0.1, 0.15) is 5.60 Å². The third-order valence-electron chi connectivity index (χ3n) is 4.42. The van der Waals surface area contributed by atoms with Crippen LogP contribution in [-0.4, -0.2) is 48.1 Å². The summed E-state index contributed by atoms with van der Waals surface area (Å²) in [7, 11) is 0. The van der Waals surface area contributed by atoms with E-state index in [1.807, 2.05) is 58.9 Å². The summed E-state index contributed by atoms with van der Waals surface area (Å²) in [4.78, 5) is 29.4. The van der Waals surface area contributed by atoms with E-state index >= 15 is 0 Å². The van der Waals surface area contributed by atoms with Crippen molar-refractivity contribution in [1.82, 2.24) is 0 Å². The Hall–Kier alpha value is -2.47. The fourth-order valence-corrected chi connectivity index (χ4v) is 3.15. The number of allylic oxidation sites excluding steroid dienone is 1. The smallest absolute Gasteiger partial charge is 0.338 e. The van der Waals surface area contributed by atoms with Crippen LogP contribution < -0.4 is 0 Å². The minimum absolute atomic E-state index is 0.0839. The Kier molecular flexibility index (Phi) is 7.96. The van der Waals surface area contributed by atoms with Crippen molar-refractivity contribution < 1.29 is 23.8 Å². The molecule has 0 bridgehead atoms. The molecule has 164 valence electrons. The maximum Gasteiger partial charge on any atom is 0.338 e. The van der Waals surface area contributed by atoms with Gasteiger partial charge in [-0.3, -0.25) is 4.99 Å². The molecule has 1 aromatic rings. The Morgan fingerprint density at radius 3 is 2.23 bits per heavy atom. The SMILES string of the molecule is CCOC(=O)C(Cc1ccc(CC2(C(=O)OC(C)(C)C)C=CC=N2)cc1)OC(C)C. The highest BCUT2D eigenvalue weighted by molar-refractivity contribution is 5.91. The third-order valence-corrected chi connectivity index (χ3v) is 4.42. The normalized spacial score (nSPS) is 19.2. The fraction of sp³-hybridized carbons (Fsp3) is 0.542. The van der Waals surface area contributed by atoms with Gasteiger partial charge >= 0.3 is 11.9 Å². The molecule has 0 fully saturated rings. The highest BCUT2D eigenvalue weighted by Gasteiger charge is 2.40. The second kappa shape index (κ2) is 10.0. The number of aliphatic imine (C=N–C) groups is 1. The molecular weight excluding hydrogens is 382 g/mol. The summed E-state index contributed by atoms with van der Waals surface area (Å²) in [6, 6.07) is 7.77. The van der Waals surface area contributed by atoms with Crippen LogP contribution in [0.1, 0.15) is 52.7 Å². The van der Waals surface area contributed by atoms with Gasteiger partial charge in [-0.25, -0.2) is 9.59 Å². The van der Waals surface area contributed by atoms with Gasteiger partial charge in [0.2, 0.25) is 0 Å². The van der Waals surface area contributed by atoms with E-state index < -0.39 is 17.2 Å². The molecule has 30 heavy (non-hydrogen) atoms.